The molecule has 3 aromatic rings. The second-order valence-corrected chi connectivity index (χ2v) is 9.08. The molecule has 1 aliphatic heterocycles. The maximum atomic E-state index is 13.8. The first-order valence-corrected chi connectivity index (χ1v) is 12.3. The van der Waals surface area contributed by atoms with Crippen LogP contribution in [-0.4, -0.2) is 38.6 Å². The second-order valence-electron chi connectivity index (χ2n) is 7.99. The van der Waals surface area contributed by atoms with Crippen LogP contribution in [0.1, 0.15) is 22.8 Å². The van der Waals surface area contributed by atoms with E-state index in [9.17, 15) is 14.4 Å². The van der Waals surface area contributed by atoms with Crippen molar-refractivity contribution >= 4 is 40.9 Å². The molecule has 4 rings (SSSR count). The van der Waals surface area contributed by atoms with Gasteiger partial charge >= 0.3 is 5.97 Å². The smallest absolute Gasteiger partial charge is 0.340 e. The lowest BCUT2D eigenvalue weighted by Crippen LogP contribution is -2.33. The zero-order valence-electron chi connectivity index (χ0n) is 20.9. The van der Waals surface area contributed by atoms with E-state index in [-0.39, 0.29) is 28.5 Å². The van der Waals surface area contributed by atoms with Crippen LogP contribution in [-0.2, 0) is 14.3 Å². The van der Waals surface area contributed by atoms with Crippen molar-refractivity contribution in [2.45, 2.75) is 18.7 Å². The Morgan fingerprint density at radius 3 is 2.35 bits per heavy atom. The normalized spacial score (nSPS) is 13.1. The van der Waals surface area contributed by atoms with Crippen LogP contribution in [0.2, 0.25) is 0 Å². The molecule has 190 valence electrons. The number of ether oxygens (including phenoxy) is 3. The molecule has 9 heteroatoms. The molecule has 0 saturated heterocycles. The molecule has 1 heterocycles. The number of amides is 2. The molecule has 0 aliphatic carbocycles. The highest BCUT2D eigenvalue weighted by atomic mass is 32.2. The van der Waals surface area contributed by atoms with Crippen LogP contribution in [0.5, 0.6) is 11.5 Å². The van der Waals surface area contributed by atoms with Gasteiger partial charge in [0.05, 0.1) is 37.8 Å². The van der Waals surface area contributed by atoms with Crippen molar-refractivity contribution < 1.29 is 28.6 Å². The summed E-state index contributed by atoms with van der Waals surface area (Å²) in [4.78, 5) is 42.1. The third kappa shape index (κ3) is 5.31. The third-order valence-electron chi connectivity index (χ3n) is 5.59. The molecule has 0 aromatic heterocycles. The first kappa shape index (κ1) is 25.8. The first-order chi connectivity index (χ1) is 17.9. The van der Waals surface area contributed by atoms with Crippen LogP contribution < -0.4 is 19.7 Å². The number of aryl methyl sites for hydroxylation is 1. The van der Waals surface area contributed by atoms with Gasteiger partial charge in [0.25, 0.3) is 11.8 Å². The Hall–Kier alpha value is -4.24. The molecule has 0 spiro atoms. The van der Waals surface area contributed by atoms with E-state index >= 15 is 0 Å². The number of hydrogen-bond acceptors (Lipinski definition) is 8. The molecule has 0 atom stereocenters. The van der Waals surface area contributed by atoms with Crippen molar-refractivity contribution in [3.63, 3.8) is 0 Å². The Balaban J connectivity index is 1.80. The van der Waals surface area contributed by atoms with Gasteiger partial charge in [0.15, 0.2) is 0 Å². The number of nitrogens with one attached hydrogen (secondary N) is 1. The van der Waals surface area contributed by atoms with Gasteiger partial charge in [0.2, 0.25) is 0 Å². The zero-order valence-corrected chi connectivity index (χ0v) is 21.7. The van der Waals surface area contributed by atoms with Crippen molar-refractivity contribution in [1.82, 2.24) is 0 Å². The number of methoxy groups -OCH3 is 2. The molecule has 8 nitrogen and oxygen atoms in total. The summed E-state index contributed by atoms with van der Waals surface area (Å²) >= 11 is 1.17. The van der Waals surface area contributed by atoms with Crippen LogP contribution in [0.4, 0.5) is 11.4 Å². The molecule has 0 bridgehead atoms. The van der Waals surface area contributed by atoms with Gasteiger partial charge in [-0.3, -0.25) is 9.59 Å². The highest BCUT2D eigenvalue weighted by Gasteiger charge is 2.42. The summed E-state index contributed by atoms with van der Waals surface area (Å²) in [5.41, 5.74) is 1.88. The minimum Gasteiger partial charge on any atom is -0.497 e. The number of benzene rings is 3. The number of hydrogen-bond donors (Lipinski definition) is 1. The van der Waals surface area contributed by atoms with Crippen molar-refractivity contribution in [1.29, 1.82) is 0 Å². The number of thioether (sulfide) groups is 1. The van der Waals surface area contributed by atoms with Crippen molar-refractivity contribution in [2.75, 3.05) is 31.0 Å². The van der Waals surface area contributed by atoms with Gasteiger partial charge in [-0.25, -0.2) is 9.69 Å². The maximum Gasteiger partial charge on any atom is 0.340 e. The highest BCUT2D eigenvalue weighted by Crippen LogP contribution is 2.40. The van der Waals surface area contributed by atoms with Crippen LogP contribution in [0.25, 0.3) is 0 Å². The molecule has 0 radical (unpaired) electrons. The SMILES string of the molecule is CCOC(=O)c1ccccc1N1C(=O)C(Nc2ccc(OC)cc2OC)=C(Sc2ccc(C)cc2)C1=O. The summed E-state index contributed by atoms with van der Waals surface area (Å²) in [5, 5.41) is 3.10. The molecule has 0 fully saturated rings. The first-order valence-electron chi connectivity index (χ1n) is 11.5. The Morgan fingerprint density at radius 1 is 0.946 bits per heavy atom. The topological polar surface area (TPSA) is 94.2 Å². The van der Waals surface area contributed by atoms with E-state index in [2.05, 4.69) is 5.32 Å². The lowest BCUT2D eigenvalue weighted by Gasteiger charge is -2.18. The molecule has 37 heavy (non-hydrogen) atoms. The summed E-state index contributed by atoms with van der Waals surface area (Å²) < 4.78 is 15.9. The summed E-state index contributed by atoms with van der Waals surface area (Å²) in [6.45, 7) is 3.82. The zero-order chi connectivity index (χ0) is 26.5. The summed E-state index contributed by atoms with van der Waals surface area (Å²) in [6.07, 6.45) is 0. The molecular formula is C28H26N2O6S. The van der Waals surface area contributed by atoms with Gasteiger partial charge in [-0.2, -0.15) is 0 Å². The number of esters is 1. The summed E-state index contributed by atoms with van der Waals surface area (Å²) in [5.74, 6) is -0.775. The second kappa shape index (κ2) is 11.2. The average Bonchev–Trinajstić information content (AvgIpc) is 3.14. The largest absolute Gasteiger partial charge is 0.497 e. The molecule has 1 aliphatic rings. The molecule has 3 aromatic carbocycles. The average molecular weight is 519 g/mol. The number of carbonyl (C=O) groups excluding carboxylic acids is 3. The van der Waals surface area contributed by atoms with Gasteiger partial charge in [-0.1, -0.05) is 41.6 Å². The number of rotatable bonds is 9. The Bertz CT molecular complexity index is 1380. The van der Waals surface area contributed by atoms with E-state index in [1.54, 1.807) is 50.4 Å². The van der Waals surface area contributed by atoms with E-state index < -0.39 is 17.8 Å². The van der Waals surface area contributed by atoms with Gasteiger partial charge in [0, 0.05) is 11.0 Å². The minimum atomic E-state index is -0.621. The number of carbonyl (C=O) groups is 3. The van der Waals surface area contributed by atoms with E-state index in [4.69, 9.17) is 14.2 Å². The fourth-order valence-corrected chi connectivity index (χ4v) is 4.67. The number of anilines is 2. The van der Waals surface area contributed by atoms with Crippen LogP contribution in [0.15, 0.2) is 82.2 Å². The Morgan fingerprint density at radius 2 is 1.68 bits per heavy atom. The maximum absolute atomic E-state index is 13.8. The van der Waals surface area contributed by atoms with Crippen LogP contribution >= 0.6 is 11.8 Å². The van der Waals surface area contributed by atoms with Gasteiger partial charge < -0.3 is 19.5 Å². The highest BCUT2D eigenvalue weighted by molar-refractivity contribution is 8.04. The van der Waals surface area contributed by atoms with Gasteiger partial charge in [0.1, 0.15) is 22.1 Å². The van der Waals surface area contributed by atoms with Crippen LogP contribution in [0.3, 0.4) is 0 Å². The standard InChI is InChI=1S/C28H26N2O6S/c1-5-36-28(33)20-8-6-7-9-22(20)30-26(31)24(29-21-15-12-18(34-3)16-23(21)35-4)25(27(30)32)37-19-13-10-17(2)11-14-19/h6-16,29H,5H2,1-4H3. The molecule has 1 N–H and O–H groups in total. The van der Waals surface area contributed by atoms with Crippen molar-refractivity contribution in [2.24, 2.45) is 0 Å². The third-order valence-corrected chi connectivity index (χ3v) is 6.68. The monoisotopic (exact) mass is 518 g/mol. The Kier molecular flexibility index (Phi) is 7.83. The number of para-hydroxylation sites is 1. The quantitative estimate of drug-likeness (QED) is 0.306. The molecule has 0 saturated carbocycles. The van der Waals surface area contributed by atoms with Crippen LogP contribution in [0, 0.1) is 6.92 Å². The van der Waals surface area contributed by atoms with Crippen molar-refractivity contribution in [3.8, 4) is 11.5 Å². The lowest BCUT2D eigenvalue weighted by atomic mass is 10.1. The molecule has 0 unspecified atom stereocenters. The van der Waals surface area contributed by atoms with E-state index in [0.717, 1.165) is 15.4 Å². The van der Waals surface area contributed by atoms with Crippen molar-refractivity contribution in [3.05, 3.63) is 88.5 Å². The Labute approximate surface area is 219 Å². The predicted octanol–water partition coefficient (Wildman–Crippen LogP) is 5.18. The number of nitrogens with zero attached hydrogens (tertiary/aromatic N) is 1. The van der Waals surface area contributed by atoms with Gasteiger partial charge in [-0.05, 0) is 50.2 Å². The fraction of sp³-hybridized carbons (Fsp3) is 0.179. The van der Waals surface area contributed by atoms with E-state index in [1.165, 1.54) is 24.9 Å². The molecule has 2 amide bonds. The fourth-order valence-electron chi connectivity index (χ4n) is 3.74. The number of imide groups is 1. The predicted molar refractivity (Wildman–Crippen MR) is 142 cm³/mol. The van der Waals surface area contributed by atoms with E-state index in [0.29, 0.717) is 17.2 Å². The van der Waals surface area contributed by atoms with Gasteiger partial charge in [-0.15, -0.1) is 0 Å². The summed E-state index contributed by atoms with van der Waals surface area (Å²) in [6, 6.07) is 19.1. The molecular weight excluding hydrogens is 492 g/mol. The van der Waals surface area contributed by atoms with E-state index in [1.807, 2.05) is 31.2 Å². The lowest BCUT2D eigenvalue weighted by molar-refractivity contribution is -0.120. The minimum absolute atomic E-state index is 0.0673. The summed E-state index contributed by atoms with van der Waals surface area (Å²) in [7, 11) is 3.04.